The van der Waals surface area contributed by atoms with Crippen LogP contribution in [0.1, 0.15) is 50.4 Å². The molecule has 3 saturated heterocycles. The zero-order chi connectivity index (χ0) is 28.8. The topological polar surface area (TPSA) is 93.6 Å². The maximum absolute atomic E-state index is 13.4. The van der Waals surface area contributed by atoms with Crippen molar-refractivity contribution in [1.29, 1.82) is 0 Å². The van der Waals surface area contributed by atoms with Crippen LogP contribution in [0.2, 0.25) is 0 Å². The van der Waals surface area contributed by atoms with Crippen molar-refractivity contribution in [1.82, 2.24) is 9.88 Å². The van der Waals surface area contributed by atoms with E-state index in [-0.39, 0.29) is 24.5 Å². The second-order valence-electron chi connectivity index (χ2n) is 11.9. The number of ether oxygens (including phenoxy) is 4. The Morgan fingerprint density at radius 2 is 1.95 bits per heavy atom. The van der Waals surface area contributed by atoms with Gasteiger partial charge in [-0.3, -0.25) is 4.79 Å². The SMILES string of the molecule is C=Cc1ccc(N2CC(Oc3cc([C@@H]4CN(C(=O)[C@@H]5COC(C)(C)O5)C[C@@]4(C)C(C)O)ccc3OC)C2)nc1C. The van der Waals surface area contributed by atoms with Crippen molar-refractivity contribution in [3.8, 4) is 11.5 Å². The van der Waals surface area contributed by atoms with E-state index in [1.807, 2.05) is 64.1 Å². The molecule has 1 amide bonds. The third kappa shape index (κ3) is 5.30. The van der Waals surface area contributed by atoms with E-state index in [0.29, 0.717) is 37.7 Å². The van der Waals surface area contributed by atoms with Crippen LogP contribution in [0.15, 0.2) is 36.9 Å². The van der Waals surface area contributed by atoms with Crippen LogP contribution in [0.5, 0.6) is 11.5 Å². The molecular formula is C31H41N3O6. The molecule has 3 aliphatic rings. The van der Waals surface area contributed by atoms with Gasteiger partial charge in [0.15, 0.2) is 23.4 Å². The van der Waals surface area contributed by atoms with Gasteiger partial charge in [0.1, 0.15) is 11.9 Å². The second-order valence-corrected chi connectivity index (χ2v) is 11.9. The Morgan fingerprint density at radius 3 is 2.55 bits per heavy atom. The molecule has 0 spiro atoms. The van der Waals surface area contributed by atoms with Gasteiger partial charge in [0.2, 0.25) is 0 Å². The van der Waals surface area contributed by atoms with Crippen LogP contribution in [-0.4, -0.2) is 84.9 Å². The lowest BCUT2D eigenvalue weighted by Gasteiger charge is -2.40. The first kappa shape index (κ1) is 28.4. The molecule has 216 valence electrons. The number of carbonyl (C=O) groups excluding carboxylic acids is 1. The van der Waals surface area contributed by atoms with Crippen molar-refractivity contribution in [2.24, 2.45) is 5.41 Å². The van der Waals surface area contributed by atoms with Crippen LogP contribution >= 0.6 is 0 Å². The van der Waals surface area contributed by atoms with Crippen molar-refractivity contribution >= 4 is 17.8 Å². The average molecular weight is 552 g/mol. The Labute approximate surface area is 236 Å². The van der Waals surface area contributed by atoms with E-state index in [2.05, 4.69) is 11.5 Å². The van der Waals surface area contributed by atoms with E-state index in [0.717, 1.165) is 22.6 Å². The third-order valence-corrected chi connectivity index (χ3v) is 8.67. The highest BCUT2D eigenvalue weighted by Crippen LogP contribution is 2.47. The summed E-state index contributed by atoms with van der Waals surface area (Å²) in [4.78, 5) is 22.0. The molecule has 1 aromatic heterocycles. The number of aryl methyl sites for hydroxylation is 1. The molecule has 5 rings (SSSR count). The largest absolute Gasteiger partial charge is 0.493 e. The van der Waals surface area contributed by atoms with Crippen molar-refractivity contribution in [2.45, 2.75) is 64.6 Å². The summed E-state index contributed by atoms with van der Waals surface area (Å²) in [7, 11) is 1.63. The van der Waals surface area contributed by atoms with Crippen molar-refractivity contribution in [3.05, 3.63) is 53.7 Å². The molecular weight excluding hydrogens is 510 g/mol. The molecule has 40 heavy (non-hydrogen) atoms. The van der Waals surface area contributed by atoms with E-state index >= 15 is 0 Å². The molecule has 0 bridgehead atoms. The quantitative estimate of drug-likeness (QED) is 0.530. The summed E-state index contributed by atoms with van der Waals surface area (Å²) in [6.45, 7) is 15.8. The first-order valence-electron chi connectivity index (χ1n) is 13.9. The number of aliphatic hydroxyl groups is 1. The molecule has 0 saturated carbocycles. The number of aromatic nitrogens is 1. The highest BCUT2D eigenvalue weighted by Gasteiger charge is 2.50. The molecule has 0 radical (unpaired) electrons. The van der Waals surface area contributed by atoms with Crippen LogP contribution in [-0.2, 0) is 14.3 Å². The van der Waals surface area contributed by atoms with Gasteiger partial charge in [-0.15, -0.1) is 0 Å². The number of likely N-dealkylation sites (tertiary alicyclic amines) is 1. The van der Waals surface area contributed by atoms with Crippen LogP contribution in [0, 0.1) is 12.3 Å². The van der Waals surface area contributed by atoms with E-state index in [1.54, 1.807) is 18.9 Å². The summed E-state index contributed by atoms with van der Waals surface area (Å²) in [5, 5.41) is 10.9. The van der Waals surface area contributed by atoms with Gasteiger partial charge in [0.25, 0.3) is 5.91 Å². The molecule has 1 N–H and O–H groups in total. The first-order chi connectivity index (χ1) is 18.9. The molecule has 1 aromatic carbocycles. The number of benzene rings is 1. The number of anilines is 1. The van der Waals surface area contributed by atoms with Gasteiger partial charge >= 0.3 is 0 Å². The number of pyridine rings is 1. The molecule has 2 aromatic rings. The Bertz CT molecular complexity index is 1270. The Kier molecular flexibility index (Phi) is 7.58. The first-order valence-corrected chi connectivity index (χ1v) is 13.9. The van der Waals surface area contributed by atoms with Gasteiger partial charge in [0.05, 0.1) is 32.9 Å². The zero-order valence-corrected chi connectivity index (χ0v) is 24.3. The highest BCUT2D eigenvalue weighted by molar-refractivity contribution is 5.82. The summed E-state index contributed by atoms with van der Waals surface area (Å²) in [6.07, 6.45) is 0.516. The number of carbonyl (C=O) groups is 1. The average Bonchev–Trinajstić information content (AvgIpc) is 3.45. The minimum Gasteiger partial charge on any atom is -0.493 e. The molecule has 4 heterocycles. The lowest BCUT2D eigenvalue weighted by Crippen LogP contribution is -2.54. The van der Waals surface area contributed by atoms with Gasteiger partial charge in [-0.25, -0.2) is 4.98 Å². The Morgan fingerprint density at radius 1 is 1.20 bits per heavy atom. The van der Waals surface area contributed by atoms with E-state index in [9.17, 15) is 9.90 Å². The predicted molar refractivity (Wildman–Crippen MR) is 153 cm³/mol. The maximum atomic E-state index is 13.4. The van der Waals surface area contributed by atoms with Crippen LogP contribution < -0.4 is 14.4 Å². The fraction of sp³-hybridized carbons (Fsp3) is 0.548. The summed E-state index contributed by atoms with van der Waals surface area (Å²) in [5.74, 6) is 1.23. The molecule has 9 nitrogen and oxygen atoms in total. The minimum absolute atomic E-state index is 0.0157. The lowest BCUT2D eigenvalue weighted by atomic mass is 9.72. The van der Waals surface area contributed by atoms with E-state index < -0.39 is 23.4 Å². The highest BCUT2D eigenvalue weighted by atomic mass is 16.7. The fourth-order valence-electron chi connectivity index (χ4n) is 5.94. The molecule has 4 atom stereocenters. The molecule has 0 aliphatic carbocycles. The standard InChI is InChI=1S/C31H41N3O6/c1-8-21-10-12-28(32-19(21)2)33-14-23(15-33)39-26-13-22(9-11-25(26)37-7)24-16-34(18-31(24,6)20(3)35)29(36)27-17-38-30(4,5)40-27/h8-13,20,23-24,27,35H,1,14-18H2,2-7H3/t20?,24-,27-,31-/m0/s1. The normalized spacial score (nSPS) is 26.9. The van der Waals surface area contributed by atoms with Crippen molar-refractivity contribution in [2.75, 3.05) is 44.8 Å². The smallest absolute Gasteiger partial charge is 0.254 e. The fourth-order valence-corrected chi connectivity index (χ4v) is 5.94. The van der Waals surface area contributed by atoms with Gasteiger partial charge in [-0.05, 0) is 63.1 Å². The minimum atomic E-state index is -0.781. The lowest BCUT2D eigenvalue weighted by molar-refractivity contribution is -0.159. The summed E-state index contributed by atoms with van der Waals surface area (Å²) >= 11 is 0. The predicted octanol–water partition coefficient (Wildman–Crippen LogP) is 3.77. The summed E-state index contributed by atoms with van der Waals surface area (Å²) in [5.41, 5.74) is 2.42. The number of hydrogen-bond acceptors (Lipinski definition) is 8. The van der Waals surface area contributed by atoms with E-state index in [1.165, 1.54) is 0 Å². The van der Waals surface area contributed by atoms with Gasteiger partial charge in [-0.1, -0.05) is 25.6 Å². The Hall–Kier alpha value is -3.14. The van der Waals surface area contributed by atoms with Gasteiger partial charge in [0, 0.05) is 30.1 Å². The van der Waals surface area contributed by atoms with E-state index in [4.69, 9.17) is 23.9 Å². The monoisotopic (exact) mass is 551 g/mol. The molecule has 9 heteroatoms. The van der Waals surface area contributed by atoms with Crippen molar-refractivity contribution < 1.29 is 28.8 Å². The van der Waals surface area contributed by atoms with Crippen LogP contribution in [0.3, 0.4) is 0 Å². The molecule has 3 fully saturated rings. The molecule has 1 unspecified atom stereocenters. The third-order valence-electron chi connectivity index (χ3n) is 8.67. The molecule has 3 aliphatic heterocycles. The second kappa shape index (κ2) is 10.7. The number of aliphatic hydroxyl groups excluding tert-OH is 1. The van der Waals surface area contributed by atoms with Crippen LogP contribution in [0.4, 0.5) is 5.82 Å². The number of amides is 1. The van der Waals surface area contributed by atoms with Gasteiger partial charge in [-0.2, -0.15) is 0 Å². The number of methoxy groups -OCH3 is 1. The van der Waals surface area contributed by atoms with Crippen LogP contribution in [0.25, 0.3) is 6.08 Å². The number of hydrogen-bond donors (Lipinski definition) is 1. The summed E-state index contributed by atoms with van der Waals surface area (Å²) in [6, 6.07) is 9.95. The maximum Gasteiger partial charge on any atom is 0.254 e. The Balaban J connectivity index is 1.31. The van der Waals surface area contributed by atoms with Gasteiger partial charge < -0.3 is 33.9 Å². The number of nitrogens with zero attached hydrogens (tertiary/aromatic N) is 3. The summed E-state index contributed by atoms with van der Waals surface area (Å²) < 4.78 is 23.5. The zero-order valence-electron chi connectivity index (χ0n) is 24.3. The number of rotatable bonds is 8. The van der Waals surface area contributed by atoms with Crippen molar-refractivity contribution in [3.63, 3.8) is 0 Å².